The minimum atomic E-state index is -0.799. The zero-order valence-electron chi connectivity index (χ0n) is 15.8. The summed E-state index contributed by atoms with van der Waals surface area (Å²) in [5, 5.41) is 10.6. The molecule has 0 bridgehead atoms. The number of benzene rings is 2. The highest BCUT2D eigenvalue weighted by Crippen LogP contribution is 2.40. The molecule has 0 amide bonds. The third-order valence-corrected chi connectivity index (χ3v) is 5.36. The number of hydrogen-bond acceptors (Lipinski definition) is 6. The summed E-state index contributed by atoms with van der Waals surface area (Å²) in [7, 11) is 0. The Morgan fingerprint density at radius 2 is 1.71 bits per heavy atom. The van der Waals surface area contributed by atoms with Crippen LogP contribution in [0.4, 0.5) is 0 Å². The lowest BCUT2D eigenvalue weighted by Crippen LogP contribution is -2.42. The molecule has 0 spiro atoms. The Hall–Kier alpha value is -2.25. The molecule has 0 radical (unpaired) electrons. The van der Waals surface area contributed by atoms with Crippen molar-refractivity contribution < 1.29 is 24.1 Å². The third kappa shape index (κ3) is 4.10. The van der Waals surface area contributed by atoms with Crippen molar-refractivity contribution in [1.82, 2.24) is 4.90 Å². The second-order valence-electron chi connectivity index (χ2n) is 7.26. The second kappa shape index (κ2) is 8.41. The van der Waals surface area contributed by atoms with Gasteiger partial charge in [0.1, 0.15) is 18.8 Å². The van der Waals surface area contributed by atoms with Crippen LogP contribution in [0.25, 0.3) is 0 Å². The number of nitrogens with zero attached hydrogens (tertiary/aromatic N) is 1. The fraction of sp³-hybridized carbons (Fsp3) is 0.409. The standard InChI is InChI=1S/C22H25NO5/c1-15(21(25)26-12-16-8-4-2-5-9-16)23-18-14-28-22(20(24)19(18)23)27-13-17-10-6-3-7-11-17/h2-11,15,18-20,22,24H,12-14H2,1H3/t15-,18-,19-,20+,22-,23?/m0/s1. The first-order valence-corrected chi connectivity index (χ1v) is 9.58. The van der Waals surface area contributed by atoms with Crippen molar-refractivity contribution in [2.45, 2.75) is 50.7 Å². The molecule has 4 rings (SSSR count). The molecule has 0 saturated carbocycles. The van der Waals surface area contributed by atoms with Crippen LogP contribution < -0.4 is 0 Å². The van der Waals surface area contributed by atoms with E-state index < -0.39 is 18.4 Å². The average Bonchev–Trinajstić information content (AvgIpc) is 3.48. The average molecular weight is 383 g/mol. The van der Waals surface area contributed by atoms with Crippen LogP contribution in [-0.4, -0.2) is 53.1 Å². The van der Waals surface area contributed by atoms with Crippen LogP contribution in [0.1, 0.15) is 18.1 Å². The zero-order chi connectivity index (χ0) is 19.5. The van der Waals surface area contributed by atoms with Crippen molar-refractivity contribution >= 4 is 5.97 Å². The topological polar surface area (TPSA) is 68.0 Å². The van der Waals surface area contributed by atoms with Crippen molar-refractivity contribution in [2.75, 3.05) is 6.61 Å². The number of rotatable bonds is 7. The number of carbonyl (C=O) groups is 1. The van der Waals surface area contributed by atoms with Gasteiger partial charge in [-0.3, -0.25) is 9.69 Å². The van der Waals surface area contributed by atoms with E-state index in [0.717, 1.165) is 11.1 Å². The molecular formula is C22H25NO5. The molecule has 1 N–H and O–H groups in total. The molecule has 6 atom stereocenters. The molecule has 2 aliphatic heterocycles. The van der Waals surface area contributed by atoms with Gasteiger partial charge >= 0.3 is 5.97 Å². The normalized spacial score (nSPS) is 29.6. The SMILES string of the molecule is C[C@@H](C(=O)OCc1ccccc1)N1[C@@H]2[C@@H](O)[C@@H](OCc3ccccc3)OC[C@@H]21. The molecular weight excluding hydrogens is 358 g/mol. The molecule has 28 heavy (non-hydrogen) atoms. The van der Waals surface area contributed by atoms with Gasteiger partial charge in [0.15, 0.2) is 6.29 Å². The van der Waals surface area contributed by atoms with E-state index in [4.69, 9.17) is 14.2 Å². The summed E-state index contributed by atoms with van der Waals surface area (Å²) in [6.45, 7) is 2.85. The first-order chi connectivity index (χ1) is 13.6. The largest absolute Gasteiger partial charge is 0.460 e. The van der Waals surface area contributed by atoms with Crippen LogP contribution in [0, 0.1) is 0 Å². The summed E-state index contributed by atoms with van der Waals surface area (Å²) in [6, 6.07) is 18.8. The first-order valence-electron chi connectivity index (χ1n) is 9.58. The maximum absolute atomic E-state index is 12.4. The number of hydrogen-bond donors (Lipinski definition) is 1. The van der Waals surface area contributed by atoms with Crippen molar-refractivity contribution in [3.63, 3.8) is 0 Å². The maximum Gasteiger partial charge on any atom is 0.323 e. The Kier molecular flexibility index (Phi) is 5.73. The molecule has 2 heterocycles. The van der Waals surface area contributed by atoms with E-state index in [1.54, 1.807) is 6.92 Å². The van der Waals surface area contributed by atoms with Gasteiger partial charge in [-0.15, -0.1) is 0 Å². The Labute approximate surface area is 164 Å². The summed E-state index contributed by atoms with van der Waals surface area (Å²) in [5.74, 6) is -0.299. The summed E-state index contributed by atoms with van der Waals surface area (Å²) in [6.07, 6.45) is -1.49. The van der Waals surface area contributed by atoms with E-state index >= 15 is 0 Å². The summed E-state index contributed by atoms with van der Waals surface area (Å²) in [5.41, 5.74) is 1.97. The van der Waals surface area contributed by atoms with E-state index in [0.29, 0.717) is 13.2 Å². The van der Waals surface area contributed by atoms with E-state index in [2.05, 4.69) is 0 Å². The van der Waals surface area contributed by atoms with Crippen molar-refractivity contribution in [2.24, 2.45) is 0 Å². The summed E-state index contributed by atoms with van der Waals surface area (Å²) >= 11 is 0. The summed E-state index contributed by atoms with van der Waals surface area (Å²) < 4.78 is 16.9. The number of carbonyl (C=O) groups excluding carboxylic acids is 1. The quantitative estimate of drug-likeness (QED) is 0.583. The Bertz CT molecular complexity index is 784. The highest BCUT2D eigenvalue weighted by Gasteiger charge is 2.60. The van der Waals surface area contributed by atoms with E-state index in [-0.39, 0.29) is 24.7 Å². The second-order valence-corrected chi connectivity index (χ2v) is 7.26. The zero-order valence-corrected chi connectivity index (χ0v) is 15.8. The lowest BCUT2D eigenvalue weighted by atomic mass is 10.1. The van der Waals surface area contributed by atoms with Gasteiger partial charge < -0.3 is 19.3 Å². The molecule has 148 valence electrons. The van der Waals surface area contributed by atoms with Crippen LogP contribution in [-0.2, 0) is 32.2 Å². The maximum atomic E-state index is 12.4. The van der Waals surface area contributed by atoms with Gasteiger partial charge in [0.2, 0.25) is 0 Å². The first kappa shape index (κ1) is 19.1. The fourth-order valence-corrected chi connectivity index (χ4v) is 3.78. The molecule has 6 heteroatoms. The lowest BCUT2D eigenvalue weighted by Gasteiger charge is -2.26. The molecule has 2 aliphatic rings. The third-order valence-electron chi connectivity index (χ3n) is 5.36. The van der Waals surface area contributed by atoms with Gasteiger partial charge in [-0.1, -0.05) is 60.7 Å². The van der Waals surface area contributed by atoms with E-state index in [9.17, 15) is 9.90 Å². The Morgan fingerprint density at radius 3 is 2.36 bits per heavy atom. The van der Waals surface area contributed by atoms with Gasteiger partial charge in [0.25, 0.3) is 0 Å². The number of ether oxygens (including phenoxy) is 3. The van der Waals surface area contributed by atoms with Crippen LogP contribution >= 0.6 is 0 Å². The Morgan fingerprint density at radius 1 is 1.11 bits per heavy atom. The van der Waals surface area contributed by atoms with Crippen molar-refractivity contribution in [3.05, 3.63) is 71.8 Å². The Balaban J connectivity index is 1.28. The molecule has 1 unspecified atom stereocenters. The highest BCUT2D eigenvalue weighted by atomic mass is 16.7. The van der Waals surface area contributed by atoms with Crippen molar-refractivity contribution in [1.29, 1.82) is 0 Å². The number of fused-ring (bicyclic) bond motifs is 1. The molecule has 2 saturated heterocycles. The van der Waals surface area contributed by atoms with Crippen LogP contribution in [0.3, 0.4) is 0 Å². The van der Waals surface area contributed by atoms with Crippen LogP contribution in [0.2, 0.25) is 0 Å². The monoisotopic (exact) mass is 383 g/mol. The minimum absolute atomic E-state index is 0.0193. The van der Waals surface area contributed by atoms with E-state index in [1.807, 2.05) is 65.6 Å². The lowest BCUT2D eigenvalue weighted by molar-refractivity contribution is -0.211. The van der Waals surface area contributed by atoms with Gasteiger partial charge in [-0.25, -0.2) is 0 Å². The molecule has 0 aromatic heterocycles. The predicted octanol–water partition coefficient (Wildman–Crippen LogP) is 2.11. The number of esters is 1. The highest BCUT2D eigenvalue weighted by molar-refractivity contribution is 5.76. The number of aliphatic hydroxyl groups excluding tert-OH is 1. The summed E-state index contributed by atoms with van der Waals surface area (Å²) in [4.78, 5) is 14.4. The van der Waals surface area contributed by atoms with Crippen LogP contribution in [0.15, 0.2) is 60.7 Å². The molecule has 2 aromatic rings. The minimum Gasteiger partial charge on any atom is -0.460 e. The van der Waals surface area contributed by atoms with Crippen molar-refractivity contribution in [3.8, 4) is 0 Å². The molecule has 2 aromatic carbocycles. The van der Waals surface area contributed by atoms with Gasteiger partial charge in [-0.05, 0) is 18.1 Å². The molecule has 2 fully saturated rings. The number of aliphatic hydroxyl groups is 1. The smallest absolute Gasteiger partial charge is 0.323 e. The van der Waals surface area contributed by atoms with Gasteiger partial charge in [-0.2, -0.15) is 0 Å². The molecule has 6 nitrogen and oxygen atoms in total. The van der Waals surface area contributed by atoms with E-state index in [1.165, 1.54) is 0 Å². The van der Waals surface area contributed by atoms with Crippen LogP contribution in [0.5, 0.6) is 0 Å². The van der Waals surface area contributed by atoms with Gasteiger partial charge in [0, 0.05) is 0 Å². The molecule has 0 aliphatic carbocycles. The van der Waals surface area contributed by atoms with Gasteiger partial charge in [0.05, 0.1) is 25.3 Å². The predicted molar refractivity (Wildman–Crippen MR) is 102 cm³/mol. The fourth-order valence-electron chi connectivity index (χ4n) is 3.78.